The van der Waals surface area contributed by atoms with E-state index in [1.165, 1.54) is 0 Å². The molecule has 0 aliphatic heterocycles. The highest BCUT2D eigenvalue weighted by atomic mass is 14.9. The lowest BCUT2D eigenvalue weighted by molar-refractivity contribution is 0.701. The fraction of sp³-hybridized carbons (Fsp3) is 0.158. The smallest absolute Gasteiger partial charge is 0.192 e. The van der Waals surface area contributed by atoms with Crippen LogP contribution in [0.25, 0.3) is 0 Å². The molecule has 23 heavy (non-hydrogen) atoms. The van der Waals surface area contributed by atoms with E-state index in [0.29, 0.717) is 11.1 Å². The van der Waals surface area contributed by atoms with Crippen LogP contribution in [0.1, 0.15) is 11.1 Å². The van der Waals surface area contributed by atoms with Crippen LogP contribution in [0.15, 0.2) is 60.7 Å². The molecule has 3 rings (SSSR count). The lowest BCUT2D eigenvalue weighted by Gasteiger charge is -2.19. The number of hydrogen-bond donors (Lipinski definition) is 0. The Morgan fingerprint density at radius 2 is 0.826 bits per heavy atom. The molecule has 0 heterocycles. The third-order valence-electron chi connectivity index (χ3n) is 4.71. The van der Waals surface area contributed by atoms with Gasteiger partial charge in [-0.25, -0.2) is 0 Å². The molecule has 4 heteroatoms. The summed E-state index contributed by atoms with van der Waals surface area (Å²) in [5, 5.41) is 39.0. The lowest BCUT2D eigenvalue weighted by Crippen LogP contribution is -2.20. The maximum absolute atomic E-state index is 9.74. The Morgan fingerprint density at radius 3 is 1.09 bits per heavy atom. The van der Waals surface area contributed by atoms with Crippen molar-refractivity contribution in [3.8, 4) is 24.3 Å². The van der Waals surface area contributed by atoms with E-state index in [4.69, 9.17) is 0 Å². The summed E-state index contributed by atoms with van der Waals surface area (Å²) in [6, 6.07) is 25.7. The lowest BCUT2D eigenvalue weighted by atomic mass is 9.79. The van der Waals surface area contributed by atoms with Crippen molar-refractivity contribution in [1.29, 1.82) is 21.0 Å². The number of hydrogen-bond acceptors (Lipinski definition) is 4. The Kier molecular flexibility index (Phi) is 2.94. The third-order valence-corrected chi connectivity index (χ3v) is 4.71. The molecule has 0 amide bonds. The monoisotopic (exact) mass is 294 g/mol. The third kappa shape index (κ3) is 1.31. The Balaban J connectivity index is 2.47. The van der Waals surface area contributed by atoms with Crippen LogP contribution >= 0.6 is 0 Å². The van der Waals surface area contributed by atoms with Crippen molar-refractivity contribution < 1.29 is 0 Å². The minimum Gasteiger partial charge on any atom is -0.196 e. The van der Waals surface area contributed by atoms with Gasteiger partial charge in [0.2, 0.25) is 0 Å². The second-order valence-corrected chi connectivity index (χ2v) is 5.43. The second kappa shape index (κ2) is 4.71. The largest absolute Gasteiger partial charge is 0.196 e. The molecule has 1 saturated carbocycles. The molecule has 0 radical (unpaired) electrons. The van der Waals surface area contributed by atoms with E-state index in [1.54, 1.807) is 48.5 Å². The van der Waals surface area contributed by atoms with Crippen molar-refractivity contribution in [3.05, 3.63) is 71.8 Å². The summed E-state index contributed by atoms with van der Waals surface area (Å²) >= 11 is 0. The first-order chi connectivity index (χ1) is 11.2. The van der Waals surface area contributed by atoms with E-state index in [0.717, 1.165) is 0 Å². The van der Waals surface area contributed by atoms with E-state index in [-0.39, 0.29) is 0 Å². The number of benzene rings is 2. The zero-order valence-corrected chi connectivity index (χ0v) is 12.1. The Hall–Kier alpha value is -3.60. The molecule has 0 saturated heterocycles. The predicted octanol–water partition coefficient (Wildman–Crippen LogP) is 3.05. The normalized spacial score (nSPS) is 18.4. The van der Waals surface area contributed by atoms with Crippen molar-refractivity contribution in [3.63, 3.8) is 0 Å². The first kappa shape index (κ1) is 14.3. The molecule has 0 unspecified atom stereocenters. The van der Waals surface area contributed by atoms with Crippen LogP contribution in [0.2, 0.25) is 0 Å². The SMILES string of the molecule is N#CC1(C#N)C(C#N)(C#N)C1(c1ccccc1)c1ccccc1. The van der Waals surface area contributed by atoms with Gasteiger partial charge in [0.15, 0.2) is 10.8 Å². The summed E-state index contributed by atoms with van der Waals surface area (Å²) in [7, 11) is 0. The van der Waals surface area contributed by atoms with Gasteiger partial charge in [-0.2, -0.15) is 21.0 Å². The molecule has 1 fully saturated rings. The molecule has 0 N–H and O–H groups in total. The molecule has 2 aromatic carbocycles. The van der Waals surface area contributed by atoms with Crippen molar-refractivity contribution >= 4 is 0 Å². The standard InChI is InChI=1S/C19H10N4/c20-11-17(12-21)18(13-22,14-23)19(17,15-7-3-1-4-8-15)16-9-5-2-6-10-16/h1-10H. The molecule has 106 valence electrons. The summed E-state index contributed by atoms with van der Waals surface area (Å²) in [4.78, 5) is 0. The average molecular weight is 294 g/mol. The van der Waals surface area contributed by atoms with Gasteiger partial charge in [0.1, 0.15) is 0 Å². The summed E-state index contributed by atoms with van der Waals surface area (Å²) < 4.78 is 0. The highest BCUT2D eigenvalue weighted by molar-refractivity contribution is 5.71. The quantitative estimate of drug-likeness (QED) is 0.850. The predicted molar refractivity (Wildman–Crippen MR) is 81.0 cm³/mol. The van der Waals surface area contributed by atoms with Crippen LogP contribution in [0, 0.1) is 56.2 Å². The van der Waals surface area contributed by atoms with Gasteiger partial charge in [-0.05, 0) is 11.1 Å². The zero-order chi connectivity index (χ0) is 16.6. The second-order valence-electron chi connectivity index (χ2n) is 5.43. The summed E-state index contributed by atoms with van der Waals surface area (Å²) in [6.45, 7) is 0. The fourth-order valence-corrected chi connectivity index (χ4v) is 3.69. The van der Waals surface area contributed by atoms with Gasteiger partial charge in [0.25, 0.3) is 0 Å². The van der Waals surface area contributed by atoms with Crippen molar-refractivity contribution in [1.82, 2.24) is 0 Å². The van der Waals surface area contributed by atoms with Gasteiger partial charge in [0.05, 0.1) is 29.7 Å². The van der Waals surface area contributed by atoms with E-state index in [2.05, 4.69) is 0 Å². The van der Waals surface area contributed by atoms with Gasteiger partial charge in [0, 0.05) is 0 Å². The van der Waals surface area contributed by atoms with Crippen LogP contribution in [0.3, 0.4) is 0 Å². The minimum atomic E-state index is -1.74. The van der Waals surface area contributed by atoms with Crippen LogP contribution in [0.5, 0.6) is 0 Å². The van der Waals surface area contributed by atoms with E-state index in [1.807, 2.05) is 36.4 Å². The van der Waals surface area contributed by atoms with Gasteiger partial charge in [-0.3, -0.25) is 0 Å². The molecule has 2 aromatic rings. The first-order valence-corrected chi connectivity index (χ1v) is 6.97. The van der Waals surface area contributed by atoms with Crippen LogP contribution < -0.4 is 0 Å². The van der Waals surface area contributed by atoms with E-state index in [9.17, 15) is 21.0 Å². The minimum absolute atomic E-state index is 0.623. The Bertz CT molecular complexity index is 810. The van der Waals surface area contributed by atoms with Crippen LogP contribution in [-0.4, -0.2) is 0 Å². The molecular weight excluding hydrogens is 284 g/mol. The fourth-order valence-electron chi connectivity index (χ4n) is 3.69. The molecule has 0 atom stereocenters. The van der Waals surface area contributed by atoms with Crippen molar-refractivity contribution in [2.45, 2.75) is 5.41 Å². The van der Waals surface area contributed by atoms with Crippen molar-refractivity contribution in [2.75, 3.05) is 0 Å². The van der Waals surface area contributed by atoms with Crippen molar-refractivity contribution in [2.24, 2.45) is 10.8 Å². The summed E-state index contributed by atoms with van der Waals surface area (Å²) in [5.41, 5.74) is -3.52. The van der Waals surface area contributed by atoms with Crippen LogP contribution in [0.4, 0.5) is 0 Å². The van der Waals surface area contributed by atoms with E-state index >= 15 is 0 Å². The number of nitrogens with zero attached hydrogens (tertiary/aromatic N) is 4. The van der Waals surface area contributed by atoms with Gasteiger partial charge in [-0.1, -0.05) is 60.7 Å². The Labute approximate surface area is 134 Å². The molecule has 0 spiro atoms. The van der Waals surface area contributed by atoms with E-state index < -0.39 is 16.2 Å². The highest BCUT2D eigenvalue weighted by Gasteiger charge is 2.92. The number of rotatable bonds is 2. The molecule has 4 nitrogen and oxygen atoms in total. The average Bonchev–Trinajstić information content (AvgIpc) is 3.20. The maximum Gasteiger partial charge on any atom is 0.192 e. The van der Waals surface area contributed by atoms with Gasteiger partial charge in [-0.15, -0.1) is 0 Å². The number of nitriles is 4. The van der Waals surface area contributed by atoms with Crippen LogP contribution in [-0.2, 0) is 5.41 Å². The first-order valence-electron chi connectivity index (χ1n) is 6.97. The molecule has 0 bridgehead atoms. The summed E-state index contributed by atoms with van der Waals surface area (Å²) in [5.74, 6) is 0. The molecule has 1 aliphatic carbocycles. The van der Waals surface area contributed by atoms with Gasteiger partial charge < -0.3 is 0 Å². The highest BCUT2D eigenvalue weighted by Crippen LogP contribution is 2.80. The van der Waals surface area contributed by atoms with Gasteiger partial charge >= 0.3 is 0 Å². The molecule has 0 aromatic heterocycles. The Morgan fingerprint density at radius 1 is 0.522 bits per heavy atom. The summed E-state index contributed by atoms with van der Waals surface area (Å²) in [6.07, 6.45) is 0. The topological polar surface area (TPSA) is 95.2 Å². The zero-order valence-electron chi connectivity index (χ0n) is 12.1. The molecular formula is C19H10N4. The maximum atomic E-state index is 9.74. The molecule has 1 aliphatic rings.